The zero-order chi connectivity index (χ0) is 18.5. The second-order valence-corrected chi connectivity index (χ2v) is 5.76. The Morgan fingerprint density at radius 1 is 1.04 bits per heavy atom. The summed E-state index contributed by atoms with van der Waals surface area (Å²) in [5, 5.41) is 0. The summed E-state index contributed by atoms with van der Waals surface area (Å²) in [5.74, 6) is 0.745. The van der Waals surface area contributed by atoms with Crippen LogP contribution in [0.2, 0.25) is 0 Å². The third-order valence-corrected chi connectivity index (χ3v) is 4.30. The lowest BCUT2D eigenvalue weighted by Crippen LogP contribution is -2.49. The second-order valence-electron chi connectivity index (χ2n) is 5.76. The SMILES string of the molecule is COC(=O)c1cncnc1N1CCN(C(=O)c2ccc(OC)cc2)CC1. The summed E-state index contributed by atoms with van der Waals surface area (Å²) in [7, 11) is 2.91. The minimum atomic E-state index is -0.475. The molecule has 0 spiro atoms. The van der Waals surface area contributed by atoms with Crippen molar-refractivity contribution in [3.8, 4) is 5.75 Å². The van der Waals surface area contributed by atoms with Crippen molar-refractivity contribution in [3.63, 3.8) is 0 Å². The molecular weight excluding hydrogens is 336 g/mol. The third-order valence-electron chi connectivity index (χ3n) is 4.30. The van der Waals surface area contributed by atoms with Gasteiger partial charge in [0.25, 0.3) is 5.91 Å². The lowest BCUT2D eigenvalue weighted by Gasteiger charge is -2.35. The van der Waals surface area contributed by atoms with E-state index in [1.54, 1.807) is 36.3 Å². The van der Waals surface area contributed by atoms with Gasteiger partial charge in [0.1, 0.15) is 23.5 Å². The summed E-state index contributed by atoms with van der Waals surface area (Å²) in [6.07, 6.45) is 2.85. The predicted molar refractivity (Wildman–Crippen MR) is 94.5 cm³/mol. The van der Waals surface area contributed by atoms with Crippen molar-refractivity contribution in [1.29, 1.82) is 0 Å². The van der Waals surface area contributed by atoms with Crippen LogP contribution in [0.5, 0.6) is 5.75 Å². The number of rotatable bonds is 4. The van der Waals surface area contributed by atoms with Gasteiger partial charge in [0, 0.05) is 37.9 Å². The lowest BCUT2D eigenvalue weighted by molar-refractivity contribution is 0.0599. The van der Waals surface area contributed by atoms with Crippen molar-refractivity contribution < 1.29 is 19.1 Å². The highest BCUT2D eigenvalue weighted by atomic mass is 16.5. The molecule has 1 fully saturated rings. The molecule has 1 saturated heterocycles. The standard InChI is InChI=1S/C18H20N4O4/c1-25-14-5-3-13(4-6-14)17(23)22-9-7-21(8-10-22)16-15(18(24)26-2)11-19-12-20-16/h3-6,11-12H,7-10H2,1-2H3. The van der Waals surface area contributed by atoms with E-state index in [0.717, 1.165) is 0 Å². The highest BCUT2D eigenvalue weighted by Crippen LogP contribution is 2.20. The fourth-order valence-corrected chi connectivity index (χ4v) is 2.87. The molecule has 1 aliphatic rings. The van der Waals surface area contributed by atoms with Crippen molar-refractivity contribution in [2.75, 3.05) is 45.3 Å². The molecule has 1 aromatic carbocycles. The largest absolute Gasteiger partial charge is 0.497 e. The molecule has 0 N–H and O–H groups in total. The molecule has 0 aliphatic carbocycles. The van der Waals surface area contributed by atoms with Gasteiger partial charge in [-0.3, -0.25) is 4.79 Å². The van der Waals surface area contributed by atoms with Crippen molar-refractivity contribution in [2.24, 2.45) is 0 Å². The number of carbonyl (C=O) groups excluding carboxylic acids is 2. The van der Waals surface area contributed by atoms with Crippen LogP contribution in [0.3, 0.4) is 0 Å². The van der Waals surface area contributed by atoms with Gasteiger partial charge >= 0.3 is 5.97 Å². The average molecular weight is 356 g/mol. The number of hydrogen-bond donors (Lipinski definition) is 0. The summed E-state index contributed by atoms with van der Waals surface area (Å²) in [5.41, 5.74) is 0.946. The zero-order valence-electron chi connectivity index (χ0n) is 14.7. The molecule has 26 heavy (non-hydrogen) atoms. The maximum Gasteiger partial charge on any atom is 0.343 e. The summed E-state index contributed by atoms with van der Waals surface area (Å²) in [6, 6.07) is 7.06. The van der Waals surface area contributed by atoms with Crippen molar-refractivity contribution >= 4 is 17.7 Å². The number of amides is 1. The van der Waals surface area contributed by atoms with Crippen molar-refractivity contribution in [1.82, 2.24) is 14.9 Å². The Hall–Kier alpha value is -3.16. The van der Waals surface area contributed by atoms with Gasteiger partial charge in [0.2, 0.25) is 0 Å². The fourth-order valence-electron chi connectivity index (χ4n) is 2.87. The van der Waals surface area contributed by atoms with E-state index in [1.807, 2.05) is 4.90 Å². The number of carbonyl (C=O) groups is 2. The van der Waals surface area contributed by atoms with Crippen LogP contribution < -0.4 is 9.64 Å². The first-order valence-electron chi connectivity index (χ1n) is 8.20. The maximum absolute atomic E-state index is 12.6. The Labute approximate surface area is 151 Å². The average Bonchev–Trinajstić information content (AvgIpc) is 2.73. The number of aromatic nitrogens is 2. The fraction of sp³-hybridized carbons (Fsp3) is 0.333. The number of nitrogens with zero attached hydrogens (tertiary/aromatic N) is 4. The lowest BCUT2D eigenvalue weighted by atomic mass is 10.1. The van der Waals surface area contributed by atoms with Crippen LogP contribution in [0.1, 0.15) is 20.7 Å². The molecule has 2 aromatic rings. The highest BCUT2D eigenvalue weighted by molar-refractivity contribution is 5.95. The van der Waals surface area contributed by atoms with Crippen molar-refractivity contribution in [2.45, 2.75) is 0 Å². The van der Waals surface area contributed by atoms with Gasteiger partial charge in [-0.1, -0.05) is 0 Å². The molecule has 0 atom stereocenters. The molecule has 0 radical (unpaired) electrons. The Morgan fingerprint density at radius 3 is 2.35 bits per heavy atom. The van der Waals surface area contributed by atoms with E-state index in [1.165, 1.54) is 19.6 Å². The van der Waals surface area contributed by atoms with Gasteiger partial charge in [0.05, 0.1) is 14.2 Å². The van der Waals surface area contributed by atoms with Crippen LogP contribution >= 0.6 is 0 Å². The monoisotopic (exact) mass is 356 g/mol. The number of benzene rings is 1. The van der Waals surface area contributed by atoms with Gasteiger partial charge < -0.3 is 19.3 Å². The first kappa shape index (κ1) is 17.7. The van der Waals surface area contributed by atoms with Crippen molar-refractivity contribution in [3.05, 3.63) is 47.9 Å². The highest BCUT2D eigenvalue weighted by Gasteiger charge is 2.26. The molecule has 2 heterocycles. The van der Waals surface area contributed by atoms with E-state index in [0.29, 0.717) is 48.9 Å². The van der Waals surface area contributed by atoms with E-state index in [-0.39, 0.29) is 5.91 Å². The predicted octanol–water partition coefficient (Wildman–Crippen LogP) is 1.23. The van der Waals surface area contributed by atoms with Gasteiger partial charge in [-0.25, -0.2) is 14.8 Å². The number of piperazine rings is 1. The molecule has 3 rings (SSSR count). The van der Waals surface area contributed by atoms with E-state index >= 15 is 0 Å². The Bertz CT molecular complexity index is 786. The van der Waals surface area contributed by atoms with Crippen LogP contribution in [0.15, 0.2) is 36.8 Å². The molecule has 1 amide bonds. The Balaban J connectivity index is 1.67. The maximum atomic E-state index is 12.6. The van der Waals surface area contributed by atoms with Crippen LogP contribution in [0.4, 0.5) is 5.82 Å². The number of methoxy groups -OCH3 is 2. The van der Waals surface area contributed by atoms with Gasteiger partial charge in [-0.05, 0) is 24.3 Å². The van der Waals surface area contributed by atoms with E-state index in [2.05, 4.69) is 9.97 Å². The minimum absolute atomic E-state index is 0.0248. The van der Waals surface area contributed by atoms with Gasteiger partial charge in [-0.2, -0.15) is 0 Å². The van der Waals surface area contributed by atoms with Crippen LogP contribution in [-0.2, 0) is 4.74 Å². The molecule has 0 saturated carbocycles. The minimum Gasteiger partial charge on any atom is -0.497 e. The molecule has 0 bridgehead atoms. The normalized spacial score (nSPS) is 14.1. The Kier molecular flexibility index (Phi) is 5.31. The number of esters is 1. The van der Waals surface area contributed by atoms with E-state index in [9.17, 15) is 9.59 Å². The summed E-state index contributed by atoms with van der Waals surface area (Å²) >= 11 is 0. The smallest absolute Gasteiger partial charge is 0.343 e. The second kappa shape index (κ2) is 7.81. The Morgan fingerprint density at radius 2 is 1.73 bits per heavy atom. The molecule has 136 valence electrons. The summed E-state index contributed by atoms with van der Waals surface area (Å²) in [6.45, 7) is 2.22. The number of ether oxygens (including phenoxy) is 2. The number of hydrogen-bond acceptors (Lipinski definition) is 7. The summed E-state index contributed by atoms with van der Waals surface area (Å²) in [4.78, 5) is 36.4. The topological polar surface area (TPSA) is 84.9 Å². The molecule has 1 aromatic heterocycles. The molecule has 0 unspecified atom stereocenters. The first-order chi connectivity index (χ1) is 12.6. The summed E-state index contributed by atoms with van der Waals surface area (Å²) < 4.78 is 9.90. The molecule has 8 heteroatoms. The zero-order valence-corrected chi connectivity index (χ0v) is 14.7. The van der Waals surface area contributed by atoms with Gasteiger partial charge in [0.15, 0.2) is 0 Å². The van der Waals surface area contributed by atoms with Gasteiger partial charge in [-0.15, -0.1) is 0 Å². The quantitative estimate of drug-likeness (QED) is 0.762. The van der Waals surface area contributed by atoms with Crippen LogP contribution in [0, 0.1) is 0 Å². The molecule has 1 aliphatic heterocycles. The molecule has 8 nitrogen and oxygen atoms in total. The first-order valence-corrected chi connectivity index (χ1v) is 8.20. The van der Waals surface area contributed by atoms with Crippen LogP contribution in [-0.4, -0.2) is 67.1 Å². The van der Waals surface area contributed by atoms with E-state index < -0.39 is 5.97 Å². The third kappa shape index (κ3) is 3.58. The number of anilines is 1. The van der Waals surface area contributed by atoms with E-state index in [4.69, 9.17) is 9.47 Å². The van der Waals surface area contributed by atoms with Crippen LogP contribution in [0.25, 0.3) is 0 Å². The molecular formula is C18H20N4O4.